The molecule has 0 saturated carbocycles. The van der Waals surface area contributed by atoms with Gasteiger partial charge in [0.25, 0.3) is 5.69 Å². The number of hydrogen-bond acceptors (Lipinski definition) is 3. The van der Waals surface area contributed by atoms with Crippen molar-refractivity contribution >= 4 is 5.69 Å². The van der Waals surface area contributed by atoms with E-state index in [1.54, 1.807) is 12.1 Å². The Hall–Kier alpha value is -1.42. The van der Waals surface area contributed by atoms with Gasteiger partial charge in [0.1, 0.15) is 0 Å². The Balaban J connectivity index is 2.75. The minimum Gasteiger partial charge on any atom is -0.324 e. The lowest BCUT2D eigenvalue weighted by Crippen LogP contribution is -2.12. The summed E-state index contributed by atoms with van der Waals surface area (Å²) < 4.78 is 0. The Kier molecular flexibility index (Phi) is 3.80. The average molecular weight is 208 g/mol. The summed E-state index contributed by atoms with van der Waals surface area (Å²) in [5.74, 6) is 0.523. The first kappa shape index (κ1) is 11.7. The summed E-state index contributed by atoms with van der Waals surface area (Å²) in [4.78, 5) is 10.0. The van der Waals surface area contributed by atoms with E-state index < -0.39 is 4.92 Å². The van der Waals surface area contributed by atoms with Gasteiger partial charge in [0.2, 0.25) is 0 Å². The first-order valence-corrected chi connectivity index (χ1v) is 5.00. The second-order valence-electron chi connectivity index (χ2n) is 4.08. The molecule has 1 aromatic carbocycles. The molecule has 0 aromatic heterocycles. The Bertz CT molecular complexity index is 333. The molecular formula is C11H16N2O2. The maximum absolute atomic E-state index is 10.4. The Morgan fingerprint density at radius 1 is 1.33 bits per heavy atom. The van der Waals surface area contributed by atoms with Gasteiger partial charge in [0, 0.05) is 18.2 Å². The highest BCUT2D eigenvalue weighted by molar-refractivity contribution is 5.34. The molecule has 0 saturated heterocycles. The van der Waals surface area contributed by atoms with Crippen molar-refractivity contribution in [1.82, 2.24) is 0 Å². The van der Waals surface area contributed by atoms with Crippen molar-refractivity contribution in [3.05, 3.63) is 39.9 Å². The quantitative estimate of drug-likeness (QED) is 0.610. The number of nitrogens with zero attached hydrogens (tertiary/aromatic N) is 1. The lowest BCUT2D eigenvalue weighted by molar-refractivity contribution is -0.384. The molecule has 0 bridgehead atoms. The molecular weight excluding hydrogens is 192 g/mol. The van der Waals surface area contributed by atoms with E-state index in [2.05, 4.69) is 13.8 Å². The highest BCUT2D eigenvalue weighted by Gasteiger charge is 2.10. The molecule has 0 aliphatic rings. The summed E-state index contributed by atoms with van der Waals surface area (Å²) in [5.41, 5.74) is 7.01. The van der Waals surface area contributed by atoms with E-state index in [4.69, 9.17) is 5.73 Å². The van der Waals surface area contributed by atoms with Gasteiger partial charge in [0.05, 0.1) is 4.92 Å². The monoisotopic (exact) mass is 208 g/mol. The van der Waals surface area contributed by atoms with Crippen LogP contribution in [0.4, 0.5) is 5.69 Å². The van der Waals surface area contributed by atoms with Gasteiger partial charge in [-0.15, -0.1) is 0 Å². The largest absolute Gasteiger partial charge is 0.324 e. The van der Waals surface area contributed by atoms with E-state index in [1.807, 2.05) is 0 Å². The normalized spacial score (nSPS) is 12.8. The van der Waals surface area contributed by atoms with Gasteiger partial charge < -0.3 is 5.73 Å². The zero-order valence-electron chi connectivity index (χ0n) is 9.01. The lowest BCUT2D eigenvalue weighted by Gasteiger charge is -2.13. The zero-order valence-corrected chi connectivity index (χ0v) is 9.01. The van der Waals surface area contributed by atoms with Crippen molar-refractivity contribution in [1.29, 1.82) is 0 Å². The standard InChI is InChI=1S/C11H16N2O2/c1-8(2)7-11(12)9-3-5-10(6-4-9)13(14)15/h3-6,8,11H,7,12H2,1-2H3. The predicted octanol–water partition coefficient (Wildman–Crippen LogP) is 2.64. The van der Waals surface area contributed by atoms with Gasteiger partial charge in [-0.25, -0.2) is 0 Å². The number of hydrogen-bond donors (Lipinski definition) is 1. The molecule has 1 aromatic rings. The first-order chi connectivity index (χ1) is 7.00. The van der Waals surface area contributed by atoms with Gasteiger partial charge in [0.15, 0.2) is 0 Å². The minimum absolute atomic E-state index is 0.0363. The summed E-state index contributed by atoms with van der Waals surface area (Å²) in [7, 11) is 0. The zero-order chi connectivity index (χ0) is 11.4. The molecule has 0 radical (unpaired) electrons. The van der Waals surface area contributed by atoms with Crippen molar-refractivity contribution < 1.29 is 4.92 Å². The summed E-state index contributed by atoms with van der Waals surface area (Å²) in [6, 6.07) is 6.41. The van der Waals surface area contributed by atoms with Crippen LogP contribution in [-0.4, -0.2) is 4.92 Å². The molecule has 0 heterocycles. The van der Waals surface area contributed by atoms with Crippen LogP contribution in [0.1, 0.15) is 31.9 Å². The van der Waals surface area contributed by atoms with Crippen LogP contribution in [0, 0.1) is 16.0 Å². The van der Waals surface area contributed by atoms with Crippen molar-refractivity contribution in [2.75, 3.05) is 0 Å². The fourth-order valence-electron chi connectivity index (χ4n) is 1.49. The summed E-state index contributed by atoms with van der Waals surface area (Å²) in [6.45, 7) is 4.20. The number of benzene rings is 1. The first-order valence-electron chi connectivity index (χ1n) is 5.00. The van der Waals surface area contributed by atoms with Crippen LogP contribution in [0.2, 0.25) is 0 Å². The number of non-ortho nitro benzene ring substituents is 1. The molecule has 2 N–H and O–H groups in total. The third-order valence-electron chi connectivity index (χ3n) is 2.26. The third-order valence-corrected chi connectivity index (χ3v) is 2.26. The number of rotatable bonds is 4. The fourth-order valence-corrected chi connectivity index (χ4v) is 1.49. The number of nitro groups is 1. The van der Waals surface area contributed by atoms with E-state index in [0.29, 0.717) is 5.92 Å². The summed E-state index contributed by atoms with van der Waals surface area (Å²) in [5, 5.41) is 10.4. The van der Waals surface area contributed by atoms with Crippen LogP contribution in [0.15, 0.2) is 24.3 Å². The van der Waals surface area contributed by atoms with Crippen molar-refractivity contribution in [2.45, 2.75) is 26.3 Å². The SMILES string of the molecule is CC(C)CC(N)c1ccc([N+](=O)[O-])cc1. The van der Waals surface area contributed by atoms with Gasteiger partial charge in [-0.1, -0.05) is 26.0 Å². The number of nitro benzene ring substituents is 1. The van der Waals surface area contributed by atoms with Gasteiger partial charge in [-0.2, -0.15) is 0 Å². The van der Waals surface area contributed by atoms with Crippen LogP contribution >= 0.6 is 0 Å². The summed E-state index contributed by atoms with van der Waals surface area (Å²) in [6.07, 6.45) is 0.887. The van der Waals surface area contributed by atoms with E-state index in [9.17, 15) is 10.1 Å². The Morgan fingerprint density at radius 2 is 1.87 bits per heavy atom. The molecule has 0 amide bonds. The van der Waals surface area contributed by atoms with Crippen LogP contribution in [0.25, 0.3) is 0 Å². The third kappa shape index (κ3) is 3.32. The van der Waals surface area contributed by atoms with Crippen LogP contribution in [-0.2, 0) is 0 Å². The molecule has 15 heavy (non-hydrogen) atoms. The molecule has 4 heteroatoms. The van der Waals surface area contributed by atoms with Crippen molar-refractivity contribution in [3.63, 3.8) is 0 Å². The smallest absolute Gasteiger partial charge is 0.269 e. The van der Waals surface area contributed by atoms with E-state index in [-0.39, 0.29) is 11.7 Å². The average Bonchev–Trinajstić information content (AvgIpc) is 2.17. The Labute approximate surface area is 89.2 Å². The van der Waals surface area contributed by atoms with E-state index >= 15 is 0 Å². The fraction of sp³-hybridized carbons (Fsp3) is 0.455. The molecule has 1 atom stereocenters. The lowest BCUT2D eigenvalue weighted by atomic mass is 9.98. The second-order valence-corrected chi connectivity index (χ2v) is 4.08. The maximum Gasteiger partial charge on any atom is 0.269 e. The van der Waals surface area contributed by atoms with E-state index in [0.717, 1.165) is 12.0 Å². The van der Waals surface area contributed by atoms with Crippen LogP contribution < -0.4 is 5.73 Å². The molecule has 82 valence electrons. The van der Waals surface area contributed by atoms with Crippen LogP contribution in [0.3, 0.4) is 0 Å². The van der Waals surface area contributed by atoms with Gasteiger partial charge in [-0.05, 0) is 17.9 Å². The molecule has 4 nitrogen and oxygen atoms in total. The van der Waals surface area contributed by atoms with Gasteiger partial charge in [-0.3, -0.25) is 10.1 Å². The van der Waals surface area contributed by atoms with Crippen LogP contribution in [0.5, 0.6) is 0 Å². The van der Waals surface area contributed by atoms with Gasteiger partial charge >= 0.3 is 0 Å². The number of nitrogens with two attached hydrogens (primary N) is 1. The highest BCUT2D eigenvalue weighted by atomic mass is 16.6. The molecule has 0 spiro atoms. The molecule has 1 rings (SSSR count). The van der Waals surface area contributed by atoms with Crippen molar-refractivity contribution in [3.8, 4) is 0 Å². The molecule has 0 aliphatic heterocycles. The second kappa shape index (κ2) is 4.89. The molecule has 0 fully saturated rings. The van der Waals surface area contributed by atoms with E-state index in [1.165, 1.54) is 12.1 Å². The molecule has 0 aliphatic carbocycles. The Morgan fingerprint density at radius 3 is 2.27 bits per heavy atom. The topological polar surface area (TPSA) is 69.2 Å². The minimum atomic E-state index is -0.405. The molecule has 1 unspecified atom stereocenters. The predicted molar refractivity (Wildman–Crippen MR) is 59.5 cm³/mol. The maximum atomic E-state index is 10.4. The van der Waals surface area contributed by atoms with Crippen molar-refractivity contribution in [2.24, 2.45) is 11.7 Å². The summed E-state index contributed by atoms with van der Waals surface area (Å²) >= 11 is 0. The highest BCUT2D eigenvalue weighted by Crippen LogP contribution is 2.21.